The van der Waals surface area contributed by atoms with Gasteiger partial charge >= 0.3 is 0 Å². The summed E-state index contributed by atoms with van der Waals surface area (Å²) in [5.74, 6) is -1.31. The van der Waals surface area contributed by atoms with Crippen molar-refractivity contribution in [2.75, 3.05) is 7.05 Å². The lowest BCUT2D eigenvalue weighted by atomic mass is 10.3. The van der Waals surface area contributed by atoms with E-state index in [-0.39, 0.29) is 17.7 Å². The number of benzene rings is 1. The molecule has 0 heterocycles. The number of rotatable bonds is 5. The highest BCUT2D eigenvalue weighted by Gasteiger charge is 2.24. The van der Waals surface area contributed by atoms with Crippen LogP contribution >= 0.6 is 0 Å². The van der Waals surface area contributed by atoms with Gasteiger partial charge in [0.15, 0.2) is 0 Å². The van der Waals surface area contributed by atoms with E-state index in [1.165, 1.54) is 12.1 Å². The van der Waals surface area contributed by atoms with Gasteiger partial charge in [-0.25, -0.2) is 12.7 Å². The van der Waals surface area contributed by atoms with Crippen LogP contribution in [0.5, 0.6) is 0 Å². The smallest absolute Gasteiger partial charge is 0.266 e. The Labute approximate surface area is 105 Å². The first-order chi connectivity index (χ1) is 8.35. The minimum absolute atomic E-state index is 0.0277. The quantitative estimate of drug-likeness (QED) is 0.820. The van der Waals surface area contributed by atoms with Crippen LogP contribution < -0.4 is 5.73 Å². The zero-order valence-electron chi connectivity index (χ0n) is 9.87. The van der Waals surface area contributed by atoms with Crippen molar-refractivity contribution in [1.29, 1.82) is 0 Å². The highest BCUT2D eigenvalue weighted by molar-refractivity contribution is 7.89. The zero-order valence-corrected chi connectivity index (χ0v) is 10.7. The summed E-state index contributed by atoms with van der Waals surface area (Å²) in [7, 11) is -2.70. The van der Waals surface area contributed by atoms with Crippen LogP contribution in [0.25, 0.3) is 0 Å². The number of carbonyl (C=O) groups excluding carboxylic acids is 2. The molecule has 7 heteroatoms. The normalized spacial score (nSPS) is 10.9. The summed E-state index contributed by atoms with van der Waals surface area (Å²) in [6.45, 7) is 0. The average molecular weight is 270 g/mol. The standard InChI is InChI=1S/C11H14N2O4S/c1-13(11(15)8-7-10(12)14)18(16,17)9-5-3-2-4-6-9/h2-6H,7-8H2,1H3,(H2,12,14). The second kappa shape index (κ2) is 5.63. The number of nitrogens with two attached hydrogens (primary N) is 1. The van der Waals surface area contributed by atoms with E-state index in [2.05, 4.69) is 0 Å². The van der Waals surface area contributed by atoms with Gasteiger partial charge in [-0.15, -0.1) is 0 Å². The summed E-state index contributed by atoms with van der Waals surface area (Å²) in [5.41, 5.74) is 4.90. The molecule has 0 aromatic heterocycles. The molecule has 0 saturated heterocycles. The van der Waals surface area contributed by atoms with Crippen molar-refractivity contribution in [2.45, 2.75) is 17.7 Å². The topological polar surface area (TPSA) is 97.5 Å². The summed E-state index contributed by atoms with van der Waals surface area (Å²) in [4.78, 5) is 22.2. The molecule has 1 aromatic carbocycles. The molecule has 0 aliphatic carbocycles. The molecule has 98 valence electrons. The van der Waals surface area contributed by atoms with Gasteiger partial charge < -0.3 is 5.73 Å². The van der Waals surface area contributed by atoms with Gasteiger partial charge in [0.25, 0.3) is 10.0 Å². The molecule has 6 nitrogen and oxygen atoms in total. The lowest BCUT2D eigenvalue weighted by Gasteiger charge is -2.17. The maximum Gasteiger partial charge on any atom is 0.266 e. The number of amides is 2. The molecule has 18 heavy (non-hydrogen) atoms. The number of primary amides is 1. The maximum absolute atomic E-state index is 12.0. The Morgan fingerprint density at radius 3 is 2.22 bits per heavy atom. The van der Waals surface area contributed by atoms with E-state index in [1.54, 1.807) is 18.2 Å². The molecular formula is C11H14N2O4S. The molecule has 1 rings (SSSR count). The van der Waals surface area contributed by atoms with Crippen LogP contribution in [0.4, 0.5) is 0 Å². The predicted octanol–water partition coefficient (Wildman–Crippen LogP) is 0.0992. The first-order valence-corrected chi connectivity index (χ1v) is 6.65. The minimum Gasteiger partial charge on any atom is -0.370 e. The Balaban J connectivity index is 2.86. The molecule has 0 fully saturated rings. The summed E-state index contributed by atoms with van der Waals surface area (Å²) in [5, 5.41) is 0. The van der Waals surface area contributed by atoms with E-state index in [0.29, 0.717) is 4.31 Å². The first kappa shape index (κ1) is 14.2. The molecule has 0 radical (unpaired) electrons. The summed E-state index contributed by atoms with van der Waals surface area (Å²) in [6, 6.07) is 7.59. The second-order valence-corrected chi connectivity index (χ2v) is 5.61. The van der Waals surface area contributed by atoms with E-state index >= 15 is 0 Å². The molecule has 0 spiro atoms. The summed E-state index contributed by atoms with van der Waals surface area (Å²) >= 11 is 0. The predicted molar refractivity (Wildman–Crippen MR) is 64.8 cm³/mol. The van der Waals surface area contributed by atoms with Gasteiger partial charge in [-0.3, -0.25) is 9.59 Å². The van der Waals surface area contributed by atoms with Gasteiger partial charge in [0.05, 0.1) is 4.90 Å². The van der Waals surface area contributed by atoms with E-state index in [4.69, 9.17) is 5.73 Å². The van der Waals surface area contributed by atoms with Crippen LogP contribution in [-0.2, 0) is 19.6 Å². The van der Waals surface area contributed by atoms with Crippen molar-refractivity contribution >= 4 is 21.8 Å². The highest BCUT2D eigenvalue weighted by atomic mass is 32.2. The Morgan fingerprint density at radius 1 is 1.17 bits per heavy atom. The third kappa shape index (κ3) is 3.30. The molecule has 0 aliphatic heterocycles. The number of hydrogen-bond acceptors (Lipinski definition) is 4. The van der Waals surface area contributed by atoms with Crippen LogP contribution in [0, 0.1) is 0 Å². The van der Waals surface area contributed by atoms with Crippen molar-refractivity contribution < 1.29 is 18.0 Å². The Hall–Kier alpha value is -1.89. The number of hydrogen-bond donors (Lipinski definition) is 1. The van der Waals surface area contributed by atoms with Gasteiger partial charge in [0.2, 0.25) is 11.8 Å². The van der Waals surface area contributed by atoms with Crippen molar-refractivity contribution in [3.05, 3.63) is 30.3 Å². The highest BCUT2D eigenvalue weighted by Crippen LogP contribution is 2.14. The zero-order chi connectivity index (χ0) is 13.8. The number of carbonyl (C=O) groups is 2. The van der Waals surface area contributed by atoms with Crippen LogP contribution in [0.3, 0.4) is 0 Å². The van der Waals surface area contributed by atoms with Gasteiger partial charge in [0.1, 0.15) is 0 Å². The van der Waals surface area contributed by atoms with E-state index in [1.807, 2.05) is 0 Å². The SMILES string of the molecule is CN(C(=O)CCC(N)=O)S(=O)(=O)c1ccccc1. The molecule has 2 amide bonds. The largest absolute Gasteiger partial charge is 0.370 e. The van der Waals surface area contributed by atoms with Gasteiger partial charge in [-0.05, 0) is 12.1 Å². The number of nitrogens with zero attached hydrogens (tertiary/aromatic N) is 1. The van der Waals surface area contributed by atoms with E-state index in [9.17, 15) is 18.0 Å². The fourth-order valence-electron chi connectivity index (χ4n) is 1.27. The second-order valence-electron chi connectivity index (χ2n) is 3.65. The molecular weight excluding hydrogens is 256 g/mol. The Kier molecular flexibility index (Phi) is 4.43. The lowest BCUT2D eigenvalue weighted by molar-refractivity contribution is -0.128. The Morgan fingerprint density at radius 2 is 1.72 bits per heavy atom. The first-order valence-electron chi connectivity index (χ1n) is 5.21. The van der Waals surface area contributed by atoms with Crippen LogP contribution in [0.2, 0.25) is 0 Å². The maximum atomic E-state index is 12.0. The van der Waals surface area contributed by atoms with Crippen molar-refractivity contribution in [3.63, 3.8) is 0 Å². The molecule has 0 saturated carbocycles. The molecule has 0 atom stereocenters. The molecule has 0 aliphatic rings. The molecule has 0 bridgehead atoms. The van der Waals surface area contributed by atoms with E-state index in [0.717, 1.165) is 7.05 Å². The Bertz CT molecular complexity index is 539. The van der Waals surface area contributed by atoms with Crippen LogP contribution in [-0.4, -0.2) is 31.6 Å². The van der Waals surface area contributed by atoms with Gasteiger partial charge in [-0.1, -0.05) is 18.2 Å². The monoisotopic (exact) mass is 270 g/mol. The van der Waals surface area contributed by atoms with Crippen LogP contribution in [0.1, 0.15) is 12.8 Å². The average Bonchev–Trinajstić information content (AvgIpc) is 2.36. The van der Waals surface area contributed by atoms with Crippen molar-refractivity contribution in [2.24, 2.45) is 5.73 Å². The third-order valence-electron chi connectivity index (χ3n) is 2.34. The number of sulfonamides is 1. The third-order valence-corrected chi connectivity index (χ3v) is 4.13. The molecule has 0 unspecified atom stereocenters. The van der Waals surface area contributed by atoms with E-state index < -0.39 is 21.8 Å². The summed E-state index contributed by atoms with van der Waals surface area (Å²) in [6.07, 6.45) is -0.397. The molecule has 1 aromatic rings. The fourth-order valence-corrected chi connectivity index (χ4v) is 2.45. The lowest BCUT2D eigenvalue weighted by Crippen LogP contribution is -2.33. The molecule has 2 N–H and O–H groups in total. The van der Waals surface area contributed by atoms with Crippen LogP contribution in [0.15, 0.2) is 35.2 Å². The van der Waals surface area contributed by atoms with Gasteiger partial charge in [0, 0.05) is 19.9 Å². The van der Waals surface area contributed by atoms with Crippen molar-refractivity contribution in [3.8, 4) is 0 Å². The minimum atomic E-state index is -3.85. The van der Waals surface area contributed by atoms with Crippen molar-refractivity contribution in [1.82, 2.24) is 4.31 Å². The fraction of sp³-hybridized carbons (Fsp3) is 0.273. The summed E-state index contributed by atoms with van der Waals surface area (Å²) < 4.78 is 24.6. The van der Waals surface area contributed by atoms with Gasteiger partial charge in [-0.2, -0.15) is 0 Å².